The van der Waals surface area contributed by atoms with Crippen molar-refractivity contribution in [3.05, 3.63) is 83.9 Å². The number of benzene rings is 3. The molecule has 174 valence electrons. The second kappa shape index (κ2) is 10.3. The third-order valence-corrected chi connectivity index (χ3v) is 6.40. The lowest BCUT2D eigenvalue weighted by atomic mass is 10.1. The number of hydrogen-bond acceptors (Lipinski definition) is 7. The van der Waals surface area contributed by atoms with Crippen LogP contribution in [0.25, 0.3) is 11.4 Å². The first-order valence-corrected chi connectivity index (χ1v) is 11.4. The van der Waals surface area contributed by atoms with Crippen molar-refractivity contribution in [1.82, 2.24) is 14.9 Å². The summed E-state index contributed by atoms with van der Waals surface area (Å²) < 4.78 is 12.1. The standard InChI is InChI=1S/C25H25N5O3S/c1-16-9-12-19(13-10-16)27-24(31)22(17-7-5-4-6-8-17)34-25-29-28-23(30(25)26)18-11-14-20(32-2)21(15-18)33-3/h4-15,22H,26H2,1-3H3,(H,27,31). The van der Waals surface area contributed by atoms with Crippen molar-refractivity contribution in [2.75, 3.05) is 25.4 Å². The number of ether oxygens (including phenoxy) is 2. The van der Waals surface area contributed by atoms with Gasteiger partial charge in [0.1, 0.15) is 5.25 Å². The number of amides is 1. The van der Waals surface area contributed by atoms with E-state index in [4.69, 9.17) is 15.3 Å². The first-order chi connectivity index (χ1) is 16.5. The van der Waals surface area contributed by atoms with Gasteiger partial charge in [0.25, 0.3) is 0 Å². The lowest BCUT2D eigenvalue weighted by Gasteiger charge is -2.16. The monoisotopic (exact) mass is 475 g/mol. The number of aromatic nitrogens is 3. The summed E-state index contributed by atoms with van der Waals surface area (Å²) >= 11 is 1.23. The van der Waals surface area contributed by atoms with Crippen molar-refractivity contribution >= 4 is 23.4 Å². The van der Waals surface area contributed by atoms with Crippen molar-refractivity contribution in [3.8, 4) is 22.9 Å². The summed E-state index contributed by atoms with van der Waals surface area (Å²) in [6.07, 6.45) is 0. The Morgan fingerprint density at radius 3 is 2.35 bits per heavy atom. The fraction of sp³-hybridized carbons (Fsp3) is 0.160. The van der Waals surface area contributed by atoms with E-state index in [0.29, 0.717) is 28.0 Å². The van der Waals surface area contributed by atoms with Gasteiger partial charge in [-0.15, -0.1) is 10.2 Å². The number of carbonyl (C=O) groups excluding carboxylic acids is 1. The summed E-state index contributed by atoms with van der Waals surface area (Å²) in [5, 5.41) is 11.3. The molecule has 0 aliphatic carbocycles. The molecule has 1 unspecified atom stereocenters. The number of aryl methyl sites for hydroxylation is 1. The van der Waals surface area contributed by atoms with Crippen molar-refractivity contribution in [2.24, 2.45) is 0 Å². The highest BCUT2D eigenvalue weighted by Gasteiger charge is 2.26. The number of rotatable bonds is 8. The van der Waals surface area contributed by atoms with Crippen LogP contribution in [0.2, 0.25) is 0 Å². The highest BCUT2D eigenvalue weighted by atomic mass is 32.2. The van der Waals surface area contributed by atoms with Crippen LogP contribution in [0.15, 0.2) is 78.0 Å². The predicted molar refractivity (Wildman–Crippen MR) is 134 cm³/mol. The Morgan fingerprint density at radius 1 is 0.971 bits per heavy atom. The van der Waals surface area contributed by atoms with E-state index < -0.39 is 5.25 Å². The topological polar surface area (TPSA) is 104 Å². The van der Waals surface area contributed by atoms with E-state index in [1.807, 2.05) is 67.6 Å². The average molecular weight is 476 g/mol. The van der Waals surface area contributed by atoms with Crippen LogP contribution in [-0.4, -0.2) is 35.0 Å². The number of nitrogen functional groups attached to an aromatic ring is 1. The van der Waals surface area contributed by atoms with E-state index in [1.165, 1.54) is 16.4 Å². The molecular weight excluding hydrogens is 450 g/mol. The fourth-order valence-electron chi connectivity index (χ4n) is 3.38. The molecule has 0 spiro atoms. The van der Waals surface area contributed by atoms with Crippen LogP contribution in [0.3, 0.4) is 0 Å². The Labute approximate surface area is 202 Å². The van der Waals surface area contributed by atoms with E-state index in [9.17, 15) is 4.79 Å². The molecule has 4 aromatic rings. The third kappa shape index (κ3) is 4.99. The summed E-state index contributed by atoms with van der Waals surface area (Å²) in [4.78, 5) is 13.3. The third-order valence-electron chi connectivity index (χ3n) is 5.19. The minimum absolute atomic E-state index is 0.185. The number of nitrogens with zero attached hydrogens (tertiary/aromatic N) is 3. The highest BCUT2D eigenvalue weighted by Crippen LogP contribution is 2.37. The quantitative estimate of drug-likeness (QED) is 0.286. The summed E-state index contributed by atoms with van der Waals surface area (Å²) in [6, 6.07) is 22.5. The van der Waals surface area contributed by atoms with Crippen LogP contribution in [0.1, 0.15) is 16.4 Å². The van der Waals surface area contributed by atoms with Gasteiger partial charge in [-0.05, 0) is 42.8 Å². The van der Waals surface area contributed by atoms with Gasteiger partial charge in [0.2, 0.25) is 11.1 Å². The zero-order valence-electron chi connectivity index (χ0n) is 19.1. The normalized spacial score (nSPS) is 11.6. The minimum atomic E-state index is -0.591. The zero-order valence-corrected chi connectivity index (χ0v) is 19.9. The van der Waals surface area contributed by atoms with E-state index in [1.54, 1.807) is 26.4 Å². The number of carbonyl (C=O) groups is 1. The number of nitrogens with two attached hydrogens (primary N) is 1. The van der Waals surface area contributed by atoms with Crippen LogP contribution in [0.5, 0.6) is 11.5 Å². The molecule has 1 amide bonds. The van der Waals surface area contributed by atoms with Gasteiger partial charge >= 0.3 is 0 Å². The molecule has 34 heavy (non-hydrogen) atoms. The van der Waals surface area contributed by atoms with Gasteiger partial charge in [-0.3, -0.25) is 4.79 Å². The Kier molecular flexibility index (Phi) is 7.03. The Balaban J connectivity index is 1.63. The van der Waals surface area contributed by atoms with E-state index in [2.05, 4.69) is 15.5 Å². The van der Waals surface area contributed by atoms with Crippen LogP contribution >= 0.6 is 11.8 Å². The number of hydrogen-bond donors (Lipinski definition) is 2. The van der Waals surface area contributed by atoms with Gasteiger partial charge in [-0.2, -0.15) is 0 Å². The van der Waals surface area contributed by atoms with Crippen LogP contribution in [0.4, 0.5) is 5.69 Å². The smallest absolute Gasteiger partial charge is 0.242 e. The zero-order chi connectivity index (χ0) is 24.1. The van der Waals surface area contributed by atoms with Crippen molar-refractivity contribution in [3.63, 3.8) is 0 Å². The van der Waals surface area contributed by atoms with Crippen molar-refractivity contribution < 1.29 is 14.3 Å². The predicted octanol–water partition coefficient (Wildman–Crippen LogP) is 4.46. The van der Waals surface area contributed by atoms with Gasteiger partial charge in [0.05, 0.1) is 14.2 Å². The molecule has 0 fully saturated rings. The minimum Gasteiger partial charge on any atom is -0.493 e. The Bertz CT molecular complexity index is 1280. The molecular formula is C25H25N5O3S. The van der Waals surface area contributed by atoms with Crippen molar-refractivity contribution in [2.45, 2.75) is 17.3 Å². The molecule has 8 nitrogen and oxygen atoms in total. The van der Waals surface area contributed by atoms with Gasteiger partial charge in [-0.1, -0.05) is 59.8 Å². The maximum absolute atomic E-state index is 13.3. The van der Waals surface area contributed by atoms with Crippen molar-refractivity contribution in [1.29, 1.82) is 0 Å². The number of nitrogens with one attached hydrogen (secondary N) is 1. The SMILES string of the molecule is COc1ccc(-c2nnc(SC(C(=O)Nc3ccc(C)cc3)c3ccccc3)n2N)cc1OC. The maximum Gasteiger partial charge on any atom is 0.242 e. The fourth-order valence-corrected chi connectivity index (χ4v) is 4.34. The molecule has 0 radical (unpaired) electrons. The molecule has 0 aliphatic heterocycles. The summed E-state index contributed by atoms with van der Waals surface area (Å²) in [6.45, 7) is 2.00. The molecule has 9 heteroatoms. The maximum atomic E-state index is 13.3. The van der Waals surface area contributed by atoms with Gasteiger partial charge in [0.15, 0.2) is 17.3 Å². The number of methoxy groups -OCH3 is 2. The molecule has 0 aliphatic rings. The molecule has 3 aromatic carbocycles. The first-order valence-electron chi connectivity index (χ1n) is 10.5. The summed E-state index contributed by atoms with van der Waals surface area (Å²) in [5.74, 6) is 7.77. The lowest BCUT2D eigenvalue weighted by Crippen LogP contribution is -2.20. The molecule has 4 rings (SSSR count). The molecule has 1 heterocycles. The Hall–Kier alpha value is -3.98. The van der Waals surface area contributed by atoms with Crippen LogP contribution < -0.4 is 20.6 Å². The molecule has 3 N–H and O–H groups in total. The van der Waals surface area contributed by atoms with Gasteiger partial charge < -0.3 is 20.6 Å². The number of anilines is 1. The largest absolute Gasteiger partial charge is 0.493 e. The van der Waals surface area contributed by atoms with E-state index in [0.717, 1.165) is 16.8 Å². The molecule has 0 bridgehead atoms. The molecule has 1 atom stereocenters. The van der Waals surface area contributed by atoms with Crippen LogP contribution in [0, 0.1) is 6.92 Å². The van der Waals surface area contributed by atoms with Gasteiger partial charge in [-0.25, -0.2) is 4.68 Å². The van der Waals surface area contributed by atoms with Crippen LogP contribution in [-0.2, 0) is 4.79 Å². The molecule has 0 saturated heterocycles. The Morgan fingerprint density at radius 2 is 1.68 bits per heavy atom. The molecule has 1 aromatic heterocycles. The lowest BCUT2D eigenvalue weighted by molar-refractivity contribution is -0.115. The summed E-state index contributed by atoms with van der Waals surface area (Å²) in [7, 11) is 3.14. The van der Waals surface area contributed by atoms with Gasteiger partial charge in [0, 0.05) is 11.3 Å². The summed E-state index contributed by atoms with van der Waals surface area (Å²) in [5.41, 5.74) is 3.37. The highest BCUT2D eigenvalue weighted by molar-refractivity contribution is 8.00. The number of thioether (sulfide) groups is 1. The second-order valence-electron chi connectivity index (χ2n) is 7.51. The second-order valence-corrected chi connectivity index (χ2v) is 8.58. The average Bonchev–Trinajstić information content (AvgIpc) is 3.23. The van der Waals surface area contributed by atoms with E-state index in [-0.39, 0.29) is 5.91 Å². The first kappa shape index (κ1) is 23.2. The molecule has 0 saturated carbocycles. The van der Waals surface area contributed by atoms with E-state index >= 15 is 0 Å².